The van der Waals surface area contributed by atoms with Gasteiger partial charge in [-0.15, -0.1) is 0 Å². The quantitative estimate of drug-likeness (QED) is 0.0794. The number of benzene rings is 4. The first-order chi connectivity index (χ1) is 21.4. The van der Waals surface area contributed by atoms with Gasteiger partial charge in [0.2, 0.25) is 5.91 Å². The molecule has 0 unspecified atom stereocenters. The standard InChI is InChI=1S/C33H27N3O8/c1-2-19-42-26-17-13-23(14-18-26)34-31(37)28-29(21-11-15-27(16-12-21)43-33(39)22-7-4-3-5-8-22)35(44-30(28)32(34)38)24-9-6-10-25(20-24)36(40)41/h3-18,20,28-30H,2,19H2,1H3/t28-,29+,30+/m1/s1. The first-order valence-corrected chi connectivity index (χ1v) is 14.0. The van der Waals surface area contributed by atoms with Crippen molar-refractivity contribution in [2.45, 2.75) is 25.5 Å². The molecule has 4 aromatic rings. The Morgan fingerprint density at radius 3 is 2.25 bits per heavy atom. The fraction of sp³-hybridized carbons (Fsp3) is 0.182. The minimum absolute atomic E-state index is 0.172. The second-order valence-corrected chi connectivity index (χ2v) is 10.3. The molecule has 0 N–H and O–H groups in total. The average molecular weight is 594 g/mol. The molecule has 2 fully saturated rings. The minimum atomic E-state index is -1.17. The van der Waals surface area contributed by atoms with Crippen molar-refractivity contribution < 1.29 is 33.6 Å². The number of nitro groups is 1. The van der Waals surface area contributed by atoms with Gasteiger partial charge in [-0.2, -0.15) is 0 Å². The van der Waals surface area contributed by atoms with E-state index in [0.29, 0.717) is 34.9 Å². The normalized spacial score (nSPS) is 19.2. The number of carbonyl (C=O) groups is 3. The molecule has 2 aliphatic heterocycles. The van der Waals surface area contributed by atoms with E-state index in [1.807, 2.05) is 6.92 Å². The maximum Gasteiger partial charge on any atom is 0.343 e. The lowest BCUT2D eigenvalue weighted by atomic mass is 9.90. The molecule has 2 heterocycles. The van der Waals surface area contributed by atoms with Gasteiger partial charge in [0.05, 0.1) is 34.5 Å². The van der Waals surface area contributed by atoms with Gasteiger partial charge in [0.1, 0.15) is 17.4 Å². The largest absolute Gasteiger partial charge is 0.494 e. The Hall–Kier alpha value is -5.55. The summed E-state index contributed by atoms with van der Waals surface area (Å²) in [5, 5.41) is 12.9. The summed E-state index contributed by atoms with van der Waals surface area (Å²) in [6.45, 7) is 2.53. The van der Waals surface area contributed by atoms with Crippen LogP contribution in [0, 0.1) is 16.0 Å². The molecule has 0 bridgehead atoms. The Morgan fingerprint density at radius 2 is 1.57 bits per heavy atom. The van der Waals surface area contributed by atoms with Crippen LogP contribution in [0.15, 0.2) is 103 Å². The van der Waals surface area contributed by atoms with Gasteiger partial charge in [0, 0.05) is 12.1 Å². The van der Waals surface area contributed by atoms with Crippen molar-refractivity contribution in [1.29, 1.82) is 0 Å². The molecule has 3 atom stereocenters. The number of esters is 1. The van der Waals surface area contributed by atoms with Crippen molar-refractivity contribution in [3.05, 3.63) is 124 Å². The summed E-state index contributed by atoms with van der Waals surface area (Å²) in [7, 11) is 0. The van der Waals surface area contributed by atoms with Crippen LogP contribution in [-0.4, -0.2) is 35.4 Å². The third kappa shape index (κ3) is 5.36. The van der Waals surface area contributed by atoms with Crippen molar-refractivity contribution >= 4 is 34.8 Å². The van der Waals surface area contributed by atoms with E-state index < -0.39 is 40.8 Å². The SMILES string of the molecule is CCCOc1ccc(N2C(=O)[C@H]3[C@H](ON(c4cccc([N+](=O)[O-])c4)[C@H]3c3ccc(OC(=O)c4ccccc4)cc3)C2=O)cc1. The van der Waals surface area contributed by atoms with Crippen LogP contribution in [0.5, 0.6) is 11.5 Å². The van der Waals surface area contributed by atoms with Gasteiger partial charge >= 0.3 is 5.97 Å². The van der Waals surface area contributed by atoms with E-state index in [2.05, 4.69) is 0 Å². The van der Waals surface area contributed by atoms with Crippen LogP contribution in [0.1, 0.15) is 35.3 Å². The molecule has 11 nitrogen and oxygen atoms in total. The van der Waals surface area contributed by atoms with Gasteiger partial charge in [-0.25, -0.2) is 14.8 Å². The first-order valence-electron chi connectivity index (χ1n) is 14.0. The van der Waals surface area contributed by atoms with Crippen molar-refractivity contribution in [2.75, 3.05) is 16.6 Å². The van der Waals surface area contributed by atoms with Crippen LogP contribution in [0.25, 0.3) is 0 Å². The van der Waals surface area contributed by atoms with Crippen LogP contribution >= 0.6 is 0 Å². The van der Waals surface area contributed by atoms with Gasteiger partial charge in [-0.1, -0.05) is 43.3 Å². The maximum absolute atomic E-state index is 13.9. The Labute approximate surface area is 252 Å². The number of hydroxylamine groups is 1. The number of hydrogen-bond donors (Lipinski definition) is 0. The number of carbonyl (C=O) groups excluding carboxylic acids is 3. The third-order valence-corrected chi connectivity index (χ3v) is 7.42. The zero-order valence-corrected chi connectivity index (χ0v) is 23.6. The van der Waals surface area contributed by atoms with Crippen LogP contribution in [0.2, 0.25) is 0 Å². The highest BCUT2D eigenvalue weighted by Crippen LogP contribution is 2.48. The number of fused-ring (bicyclic) bond motifs is 1. The molecule has 44 heavy (non-hydrogen) atoms. The van der Waals surface area contributed by atoms with E-state index in [0.717, 1.165) is 11.3 Å². The smallest absolute Gasteiger partial charge is 0.343 e. The molecule has 222 valence electrons. The number of non-ortho nitro benzene ring substituents is 1. The predicted octanol–water partition coefficient (Wildman–Crippen LogP) is 5.65. The van der Waals surface area contributed by atoms with Crippen molar-refractivity contribution in [3.8, 4) is 11.5 Å². The maximum atomic E-state index is 13.9. The Bertz CT molecular complexity index is 1710. The van der Waals surface area contributed by atoms with Crippen LogP contribution in [0.3, 0.4) is 0 Å². The lowest BCUT2D eigenvalue weighted by Gasteiger charge is -2.28. The van der Waals surface area contributed by atoms with E-state index in [9.17, 15) is 24.5 Å². The van der Waals surface area contributed by atoms with E-state index in [1.165, 1.54) is 23.3 Å². The van der Waals surface area contributed by atoms with Crippen LogP contribution < -0.4 is 19.4 Å². The number of ether oxygens (including phenoxy) is 2. The Morgan fingerprint density at radius 1 is 0.864 bits per heavy atom. The minimum Gasteiger partial charge on any atom is -0.494 e. The number of hydrogen-bond acceptors (Lipinski definition) is 9. The second kappa shape index (κ2) is 12.0. The van der Waals surface area contributed by atoms with Crippen molar-refractivity contribution in [1.82, 2.24) is 0 Å². The summed E-state index contributed by atoms with van der Waals surface area (Å²) in [5.41, 5.74) is 1.48. The fourth-order valence-corrected chi connectivity index (χ4v) is 5.36. The Balaban J connectivity index is 1.32. The lowest BCUT2D eigenvalue weighted by Crippen LogP contribution is -2.37. The molecule has 0 aromatic heterocycles. The van der Waals surface area contributed by atoms with Gasteiger partial charge in [0.15, 0.2) is 6.10 Å². The van der Waals surface area contributed by atoms with Gasteiger partial charge in [0.25, 0.3) is 11.6 Å². The molecule has 2 saturated heterocycles. The highest BCUT2D eigenvalue weighted by molar-refractivity contribution is 6.24. The summed E-state index contributed by atoms with van der Waals surface area (Å²) < 4.78 is 11.1. The first kappa shape index (κ1) is 28.6. The fourth-order valence-electron chi connectivity index (χ4n) is 5.36. The topological polar surface area (TPSA) is 129 Å². The van der Waals surface area contributed by atoms with Gasteiger partial charge in [-0.05, 0) is 66.6 Å². The molecular weight excluding hydrogens is 566 g/mol. The Kier molecular flexibility index (Phi) is 7.78. The summed E-state index contributed by atoms with van der Waals surface area (Å²) >= 11 is 0. The predicted molar refractivity (Wildman–Crippen MR) is 159 cm³/mol. The number of nitro benzene ring substituents is 1. The molecule has 0 saturated carbocycles. The van der Waals surface area contributed by atoms with Crippen molar-refractivity contribution in [3.63, 3.8) is 0 Å². The zero-order valence-electron chi connectivity index (χ0n) is 23.6. The van der Waals surface area contributed by atoms with Gasteiger partial charge in [-0.3, -0.25) is 24.5 Å². The zero-order chi connectivity index (χ0) is 30.8. The summed E-state index contributed by atoms with van der Waals surface area (Å²) in [6.07, 6.45) is -0.330. The van der Waals surface area contributed by atoms with Crippen molar-refractivity contribution in [2.24, 2.45) is 5.92 Å². The summed E-state index contributed by atoms with van der Waals surface area (Å²) in [6, 6.07) is 26.7. The second-order valence-electron chi connectivity index (χ2n) is 10.3. The molecular formula is C33H27N3O8. The monoisotopic (exact) mass is 593 g/mol. The van der Waals surface area contributed by atoms with E-state index in [-0.39, 0.29) is 11.4 Å². The van der Waals surface area contributed by atoms with Crippen LogP contribution in [0.4, 0.5) is 17.1 Å². The summed E-state index contributed by atoms with van der Waals surface area (Å²) in [5.74, 6) is -1.61. The third-order valence-electron chi connectivity index (χ3n) is 7.42. The van der Waals surface area contributed by atoms with E-state index >= 15 is 0 Å². The van der Waals surface area contributed by atoms with E-state index in [1.54, 1.807) is 84.9 Å². The molecule has 0 aliphatic carbocycles. The average Bonchev–Trinajstić information content (AvgIpc) is 3.56. The van der Waals surface area contributed by atoms with E-state index in [4.69, 9.17) is 14.3 Å². The molecule has 11 heteroatoms. The molecule has 2 aliphatic rings. The highest BCUT2D eigenvalue weighted by atomic mass is 16.7. The molecule has 6 rings (SSSR count). The number of anilines is 2. The molecule has 2 amide bonds. The molecule has 0 radical (unpaired) electrons. The lowest BCUT2D eigenvalue weighted by molar-refractivity contribution is -0.384. The number of amides is 2. The highest BCUT2D eigenvalue weighted by Gasteiger charge is 2.60. The van der Waals surface area contributed by atoms with Crippen LogP contribution in [-0.2, 0) is 14.4 Å². The number of rotatable bonds is 9. The summed E-state index contributed by atoms with van der Waals surface area (Å²) in [4.78, 5) is 58.4. The number of nitrogens with zero attached hydrogens (tertiary/aromatic N) is 3. The molecule has 4 aromatic carbocycles. The number of imide groups is 1. The van der Waals surface area contributed by atoms with Gasteiger partial charge < -0.3 is 9.47 Å². The molecule has 0 spiro atoms.